The highest BCUT2D eigenvalue weighted by Gasteiger charge is 2.21. The largest absolute Gasteiger partial charge is 0.389 e. The summed E-state index contributed by atoms with van der Waals surface area (Å²) in [5.41, 5.74) is 6.54. The van der Waals surface area contributed by atoms with Crippen molar-refractivity contribution in [2.45, 2.75) is 31.9 Å². The summed E-state index contributed by atoms with van der Waals surface area (Å²) < 4.78 is 19.2. The molecular formula is C13H17FN2OS. The van der Waals surface area contributed by atoms with Gasteiger partial charge in [0.1, 0.15) is 10.8 Å². The van der Waals surface area contributed by atoms with E-state index in [9.17, 15) is 4.39 Å². The van der Waals surface area contributed by atoms with Crippen LogP contribution >= 0.6 is 12.2 Å². The average molecular weight is 268 g/mol. The van der Waals surface area contributed by atoms with E-state index in [-0.39, 0.29) is 23.0 Å². The maximum Gasteiger partial charge on any atom is 0.135 e. The first-order chi connectivity index (χ1) is 8.58. The van der Waals surface area contributed by atoms with Crippen LogP contribution in [-0.4, -0.2) is 23.7 Å². The van der Waals surface area contributed by atoms with Gasteiger partial charge in [-0.05, 0) is 31.9 Å². The van der Waals surface area contributed by atoms with Crippen LogP contribution < -0.4 is 11.1 Å². The summed E-state index contributed by atoms with van der Waals surface area (Å²) in [7, 11) is 0. The number of hydrogen-bond donors (Lipinski definition) is 2. The summed E-state index contributed by atoms with van der Waals surface area (Å²) >= 11 is 4.90. The number of nitrogens with two attached hydrogens (primary N) is 1. The number of thiocarbonyl (C=S) groups is 1. The molecule has 1 aromatic carbocycles. The third-order valence-corrected chi connectivity index (χ3v) is 3.31. The van der Waals surface area contributed by atoms with Crippen molar-refractivity contribution in [3.05, 3.63) is 29.6 Å². The fourth-order valence-electron chi connectivity index (χ4n) is 2.24. The normalized spacial score (nSPS) is 23.7. The molecule has 0 aromatic heterocycles. The first-order valence-electron chi connectivity index (χ1n) is 6.04. The fraction of sp³-hybridized carbons (Fsp3) is 0.462. The van der Waals surface area contributed by atoms with Gasteiger partial charge in [0.05, 0.1) is 11.7 Å². The predicted molar refractivity (Wildman–Crippen MR) is 74.3 cm³/mol. The summed E-state index contributed by atoms with van der Waals surface area (Å²) in [6.45, 7) is 2.75. The van der Waals surface area contributed by atoms with E-state index in [4.69, 9.17) is 22.7 Å². The molecule has 3 nitrogen and oxygen atoms in total. The summed E-state index contributed by atoms with van der Waals surface area (Å²) in [6, 6.07) is 5.09. The fourth-order valence-corrected chi connectivity index (χ4v) is 2.45. The van der Waals surface area contributed by atoms with Gasteiger partial charge in [0, 0.05) is 18.3 Å². The van der Waals surface area contributed by atoms with Gasteiger partial charge in [0.25, 0.3) is 0 Å². The van der Waals surface area contributed by atoms with Gasteiger partial charge in [-0.2, -0.15) is 0 Å². The van der Waals surface area contributed by atoms with E-state index in [2.05, 4.69) is 5.32 Å². The first kappa shape index (κ1) is 13.2. The van der Waals surface area contributed by atoms with Gasteiger partial charge in [-0.1, -0.05) is 18.3 Å². The van der Waals surface area contributed by atoms with Gasteiger partial charge in [-0.3, -0.25) is 0 Å². The Balaban J connectivity index is 2.18. The molecule has 0 amide bonds. The Hall–Kier alpha value is -1.20. The van der Waals surface area contributed by atoms with Gasteiger partial charge >= 0.3 is 0 Å². The Kier molecular flexibility index (Phi) is 4.14. The lowest BCUT2D eigenvalue weighted by molar-refractivity contribution is 0.0232. The molecule has 1 aromatic rings. The lowest BCUT2D eigenvalue weighted by Gasteiger charge is -2.29. The topological polar surface area (TPSA) is 47.3 Å². The molecular weight excluding hydrogens is 251 g/mol. The van der Waals surface area contributed by atoms with Crippen molar-refractivity contribution < 1.29 is 9.13 Å². The van der Waals surface area contributed by atoms with Crippen LogP contribution in [-0.2, 0) is 4.74 Å². The quantitative estimate of drug-likeness (QED) is 0.827. The first-order valence-corrected chi connectivity index (χ1v) is 6.45. The van der Waals surface area contributed by atoms with E-state index >= 15 is 0 Å². The van der Waals surface area contributed by atoms with Gasteiger partial charge in [-0.15, -0.1) is 0 Å². The van der Waals surface area contributed by atoms with Crippen molar-refractivity contribution in [1.82, 2.24) is 0 Å². The molecule has 18 heavy (non-hydrogen) atoms. The highest BCUT2D eigenvalue weighted by atomic mass is 32.1. The van der Waals surface area contributed by atoms with Crippen LogP contribution in [0.3, 0.4) is 0 Å². The molecule has 1 fully saturated rings. The Morgan fingerprint density at radius 2 is 2.33 bits per heavy atom. The van der Waals surface area contributed by atoms with Gasteiger partial charge in [-0.25, -0.2) is 4.39 Å². The molecule has 0 radical (unpaired) electrons. The zero-order chi connectivity index (χ0) is 13.1. The van der Waals surface area contributed by atoms with E-state index in [1.54, 1.807) is 12.1 Å². The Morgan fingerprint density at radius 3 is 3.00 bits per heavy atom. The molecule has 1 aliphatic rings. The zero-order valence-corrected chi connectivity index (χ0v) is 11.1. The van der Waals surface area contributed by atoms with Crippen molar-refractivity contribution in [1.29, 1.82) is 0 Å². The van der Waals surface area contributed by atoms with Crippen LogP contribution in [0, 0.1) is 5.82 Å². The van der Waals surface area contributed by atoms with Crippen LogP contribution in [0.2, 0.25) is 0 Å². The lowest BCUT2D eigenvalue weighted by atomic mass is 10.0. The summed E-state index contributed by atoms with van der Waals surface area (Å²) in [4.78, 5) is 0.0794. The minimum absolute atomic E-state index is 0.0794. The Bertz CT molecular complexity index is 453. The highest BCUT2D eigenvalue weighted by Crippen LogP contribution is 2.23. The Labute approximate surface area is 112 Å². The van der Waals surface area contributed by atoms with Crippen LogP contribution in [0.5, 0.6) is 0 Å². The maximum atomic E-state index is 13.7. The molecule has 0 aliphatic carbocycles. The molecule has 2 rings (SSSR count). The van der Waals surface area contributed by atoms with Crippen LogP contribution in [0.4, 0.5) is 10.1 Å². The number of rotatable bonds is 3. The second-order valence-corrected chi connectivity index (χ2v) is 5.01. The molecule has 98 valence electrons. The number of hydrogen-bond acceptors (Lipinski definition) is 3. The van der Waals surface area contributed by atoms with E-state index in [0.29, 0.717) is 11.3 Å². The third kappa shape index (κ3) is 2.97. The van der Waals surface area contributed by atoms with Crippen LogP contribution in [0.15, 0.2) is 18.2 Å². The maximum absolute atomic E-state index is 13.7. The summed E-state index contributed by atoms with van der Waals surface area (Å²) in [6.07, 6.45) is 2.02. The second-order valence-electron chi connectivity index (χ2n) is 4.57. The number of nitrogens with one attached hydrogen (secondary N) is 1. The molecule has 1 saturated heterocycles. The molecule has 5 heteroatoms. The molecule has 1 aliphatic heterocycles. The van der Waals surface area contributed by atoms with E-state index < -0.39 is 0 Å². The van der Waals surface area contributed by atoms with Gasteiger partial charge < -0.3 is 15.8 Å². The minimum Gasteiger partial charge on any atom is -0.389 e. The Morgan fingerprint density at radius 1 is 1.56 bits per heavy atom. The van der Waals surface area contributed by atoms with Crippen LogP contribution in [0.25, 0.3) is 0 Å². The van der Waals surface area contributed by atoms with Gasteiger partial charge in [0.2, 0.25) is 0 Å². The van der Waals surface area contributed by atoms with Crippen molar-refractivity contribution in [2.24, 2.45) is 5.73 Å². The monoisotopic (exact) mass is 268 g/mol. The minimum atomic E-state index is -0.382. The molecule has 2 unspecified atom stereocenters. The van der Waals surface area contributed by atoms with Crippen molar-refractivity contribution in [3.8, 4) is 0 Å². The average Bonchev–Trinajstić information content (AvgIpc) is 2.28. The standard InChI is InChI=1S/C13H17FN2OS/c1-8-7-9(5-6-17-8)16-11-4-2-3-10(14)12(11)13(15)18/h2-4,8-9,16H,5-7H2,1H3,(H2,15,18). The predicted octanol–water partition coefficient (Wildman–Crippen LogP) is 2.44. The van der Waals surface area contributed by atoms with Crippen molar-refractivity contribution in [2.75, 3.05) is 11.9 Å². The number of ether oxygens (including phenoxy) is 1. The molecule has 0 saturated carbocycles. The lowest BCUT2D eigenvalue weighted by Crippen LogP contribution is -2.33. The highest BCUT2D eigenvalue weighted by molar-refractivity contribution is 7.80. The molecule has 0 spiro atoms. The van der Waals surface area contributed by atoms with Gasteiger partial charge in [0.15, 0.2) is 0 Å². The molecule has 1 heterocycles. The second kappa shape index (κ2) is 5.63. The van der Waals surface area contributed by atoms with E-state index in [1.807, 2.05) is 6.92 Å². The molecule has 2 atom stereocenters. The number of benzene rings is 1. The van der Waals surface area contributed by atoms with Crippen LogP contribution in [0.1, 0.15) is 25.3 Å². The molecule has 3 N–H and O–H groups in total. The zero-order valence-electron chi connectivity index (χ0n) is 10.3. The van der Waals surface area contributed by atoms with E-state index in [1.165, 1.54) is 6.07 Å². The number of anilines is 1. The summed E-state index contributed by atoms with van der Waals surface area (Å²) in [5.74, 6) is -0.382. The number of halogens is 1. The molecule has 0 bridgehead atoms. The smallest absolute Gasteiger partial charge is 0.135 e. The third-order valence-electron chi connectivity index (χ3n) is 3.10. The summed E-state index contributed by atoms with van der Waals surface area (Å²) in [5, 5.41) is 3.31. The van der Waals surface area contributed by atoms with Crippen molar-refractivity contribution >= 4 is 22.9 Å². The van der Waals surface area contributed by atoms with Crippen molar-refractivity contribution in [3.63, 3.8) is 0 Å². The van der Waals surface area contributed by atoms with E-state index in [0.717, 1.165) is 19.4 Å². The SMILES string of the molecule is CC1CC(Nc2cccc(F)c2C(N)=S)CCO1.